The summed E-state index contributed by atoms with van der Waals surface area (Å²) < 4.78 is 27.5. The number of anilines is 1. The van der Waals surface area contributed by atoms with E-state index in [1.807, 2.05) is 23.6 Å². The number of pyridine rings is 1. The average molecular weight is 435 g/mol. The Hall–Kier alpha value is -2.14. The van der Waals surface area contributed by atoms with Crippen LogP contribution in [0.4, 0.5) is 5.13 Å². The highest BCUT2D eigenvalue weighted by atomic mass is 32.2. The van der Waals surface area contributed by atoms with Crippen molar-refractivity contribution >= 4 is 43.7 Å². The van der Waals surface area contributed by atoms with E-state index in [1.165, 1.54) is 15.6 Å². The van der Waals surface area contributed by atoms with Crippen molar-refractivity contribution in [3.8, 4) is 11.4 Å². The van der Waals surface area contributed by atoms with E-state index in [9.17, 15) is 13.2 Å². The molecule has 0 spiro atoms. The molecular weight excluding hydrogens is 416 g/mol. The molecule has 1 amide bonds. The second kappa shape index (κ2) is 8.08. The fraction of sp³-hybridized carbons (Fsp3) is 0.278. The molecule has 3 aromatic heterocycles. The van der Waals surface area contributed by atoms with Crippen LogP contribution >= 0.6 is 22.7 Å². The minimum Gasteiger partial charge on any atom is -0.301 e. The molecule has 1 aliphatic rings. The predicted octanol–water partition coefficient (Wildman–Crippen LogP) is 3.45. The summed E-state index contributed by atoms with van der Waals surface area (Å²) in [4.78, 5) is 21.5. The maximum atomic E-state index is 12.9. The molecule has 7 nitrogen and oxygen atoms in total. The Balaban J connectivity index is 1.53. The lowest BCUT2D eigenvalue weighted by Gasteiger charge is -2.32. The number of nitrogens with zero attached hydrogens (tertiary/aromatic N) is 3. The molecule has 0 unspecified atom stereocenters. The van der Waals surface area contributed by atoms with Gasteiger partial charge >= 0.3 is 0 Å². The molecule has 0 radical (unpaired) electrons. The van der Waals surface area contributed by atoms with Crippen LogP contribution in [0.1, 0.15) is 19.3 Å². The molecule has 3 aromatic rings. The van der Waals surface area contributed by atoms with Crippen LogP contribution in [0.15, 0.2) is 51.5 Å². The second-order valence-electron chi connectivity index (χ2n) is 6.30. The van der Waals surface area contributed by atoms with E-state index in [2.05, 4.69) is 15.3 Å². The lowest BCUT2D eigenvalue weighted by Crippen LogP contribution is -2.49. The van der Waals surface area contributed by atoms with Gasteiger partial charge in [-0.05, 0) is 36.4 Å². The van der Waals surface area contributed by atoms with E-state index < -0.39 is 16.1 Å². The van der Waals surface area contributed by atoms with Crippen LogP contribution in [-0.2, 0) is 14.8 Å². The highest BCUT2D eigenvalue weighted by Gasteiger charge is 2.38. The van der Waals surface area contributed by atoms with Crippen molar-refractivity contribution in [2.24, 2.45) is 0 Å². The number of nitrogens with one attached hydrogen (secondary N) is 1. The zero-order valence-corrected chi connectivity index (χ0v) is 17.3. The Morgan fingerprint density at radius 1 is 1.14 bits per heavy atom. The van der Waals surface area contributed by atoms with Gasteiger partial charge in [0.05, 0.1) is 5.69 Å². The Kier molecular flexibility index (Phi) is 5.54. The number of hydrogen-bond acceptors (Lipinski definition) is 7. The zero-order chi connectivity index (χ0) is 19.6. The summed E-state index contributed by atoms with van der Waals surface area (Å²) in [5.41, 5.74) is 1.39. The minimum atomic E-state index is -3.68. The molecule has 10 heteroatoms. The van der Waals surface area contributed by atoms with Gasteiger partial charge in [-0.1, -0.05) is 18.6 Å². The first-order chi connectivity index (χ1) is 13.6. The number of carbonyl (C=O) groups is 1. The summed E-state index contributed by atoms with van der Waals surface area (Å²) in [5.74, 6) is -0.346. The first kappa shape index (κ1) is 19.2. The van der Waals surface area contributed by atoms with Crippen molar-refractivity contribution in [2.75, 3.05) is 11.9 Å². The molecule has 1 atom stereocenters. The van der Waals surface area contributed by atoms with Gasteiger partial charge in [-0.2, -0.15) is 4.31 Å². The van der Waals surface area contributed by atoms with Gasteiger partial charge in [0.1, 0.15) is 15.9 Å². The first-order valence-corrected chi connectivity index (χ1v) is 12.0. The van der Waals surface area contributed by atoms with Gasteiger partial charge in [0.2, 0.25) is 5.91 Å². The molecule has 1 N–H and O–H groups in total. The van der Waals surface area contributed by atoms with E-state index in [4.69, 9.17) is 0 Å². The number of piperidine rings is 1. The molecule has 0 bridgehead atoms. The molecule has 0 saturated carbocycles. The number of thiazole rings is 1. The van der Waals surface area contributed by atoms with Gasteiger partial charge in [0, 0.05) is 18.1 Å². The monoisotopic (exact) mass is 434 g/mol. The third-order valence-corrected chi connectivity index (χ3v) is 8.51. The van der Waals surface area contributed by atoms with Crippen LogP contribution in [0.3, 0.4) is 0 Å². The van der Waals surface area contributed by atoms with Crippen molar-refractivity contribution in [1.82, 2.24) is 14.3 Å². The smallest absolute Gasteiger partial charge is 0.253 e. The molecule has 4 rings (SSSR count). The molecular formula is C18H18N4O3S3. The third kappa shape index (κ3) is 3.86. The molecule has 0 aromatic carbocycles. The van der Waals surface area contributed by atoms with E-state index in [-0.39, 0.29) is 10.1 Å². The van der Waals surface area contributed by atoms with Crippen molar-refractivity contribution < 1.29 is 13.2 Å². The molecule has 0 aliphatic carbocycles. The maximum absolute atomic E-state index is 12.9. The van der Waals surface area contributed by atoms with Crippen LogP contribution in [0, 0.1) is 0 Å². The Bertz CT molecular complexity index is 1050. The van der Waals surface area contributed by atoms with Crippen molar-refractivity contribution in [1.29, 1.82) is 0 Å². The van der Waals surface area contributed by atoms with Crippen LogP contribution < -0.4 is 5.32 Å². The van der Waals surface area contributed by atoms with E-state index in [1.54, 1.807) is 23.7 Å². The molecule has 4 heterocycles. The minimum absolute atomic E-state index is 0.263. The van der Waals surface area contributed by atoms with Gasteiger partial charge in [-0.25, -0.2) is 13.4 Å². The van der Waals surface area contributed by atoms with Crippen molar-refractivity contribution in [3.63, 3.8) is 0 Å². The lowest BCUT2D eigenvalue weighted by atomic mass is 10.0. The molecule has 146 valence electrons. The number of amides is 1. The second-order valence-corrected chi connectivity index (χ2v) is 10.2. The largest absolute Gasteiger partial charge is 0.301 e. The number of carbonyl (C=O) groups excluding carboxylic acids is 1. The molecule has 1 fully saturated rings. The summed E-state index contributed by atoms with van der Waals surface area (Å²) in [6.45, 7) is 0.343. The summed E-state index contributed by atoms with van der Waals surface area (Å²) in [5, 5.41) is 6.76. The van der Waals surface area contributed by atoms with Crippen molar-refractivity contribution in [3.05, 3.63) is 47.3 Å². The summed E-state index contributed by atoms with van der Waals surface area (Å²) in [6.07, 6.45) is 3.73. The van der Waals surface area contributed by atoms with Crippen LogP contribution in [0.5, 0.6) is 0 Å². The summed E-state index contributed by atoms with van der Waals surface area (Å²) >= 11 is 2.46. The number of thiophene rings is 1. The van der Waals surface area contributed by atoms with Crippen LogP contribution in [-0.4, -0.2) is 41.2 Å². The highest BCUT2D eigenvalue weighted by Crippen LogP contribution is 2.29. The van der Waals surface area contributed by atoms with Crippen LogP contribution in [0.2, 0.25) is 0 Å². The number of rotatable bonds is 5. The number of sulfonamides is 1. The zero-order valence-electron chi connectivity index (χ0n) is 14.8. The van der Waals surface area contributed by atoms with Crippen LogP contribution in [0.25, 0.3) is 11.4 Å². The number of aromatic nitrogens is 2. The van der Waals surface area contributed by atoms with Gasteiger partial charge in [-0.3, -0.25) is 9.78 Å². The molecule has 28 heavy (non-hydrogen) atoms. The Labute approximate surface area is 171 Å². The SMILES string of the molecule is O=C(Nc1nc(-c2ccccn2)cs1)[C@H]1CCCCN1S(=O)(=O)c1cccs1. The standard InChI is InChI=1S/C18H18N4O3S3/c23-17(21-18-20-14(12-27-18)13-6-1-3-9-19-13)15-7-2-4-10-22(15)28(24,25)16-8-5-11-26-16/h1,3,5-6,8-9,11-12,15H,2,4,7,10H2,(H,20,21,23)/t15-/m1/s1. The molecule has 1 aliphatic heterocycles. The van der Waals surface area contributed by atoms with E-state index in [0.29, 0.717) is 23.8 Å². The van der Waals surface area contributed by atoms with Gasteiger partial charge in [0.25, 0.3) is 10.0 Å². The van der Waals surface area contributed by atoms with Gasteiger partial charge in [-0.15, -0.1) is 22.7 Å². The summed E-state index contributed by atoms with van der Waals surface area (Å²) in [7, 11) is -3.68. The maximum Gasteiger partial charge on any atom is 0.253 e. The first-order valence-electron chi connectivity index (χ1n) is 8.79. The third-order valence-electron chi connectivity index (χ3n) is 4.48. The normalized spacial score (nSPS) is 18.1. The fourth-order valence-electron chi connectivity index (χ4n) is 3.13. The Morgan fingerprint density at radius 2 is 2.04 bits per heavy atom. The fourth-order valence-corrected chi connectivity index (χ4v) is 6.62. The Morgan fingerprint density at radius 3 is 2.79 bits per heavy atom. The summed E-state index contributed by atoms with van der Waals surface area (Å²) in [6, 6.07) is 8.08. The van der Waals surface area contributed by atoms with Gasteiger partial charge < -0.3 is 5.32 Å². The quantitative estimate of drug-likeness (QED) is 0.664. The molecule has 1 saturated heterocycles. The lowest BCUT2D eigenvalue weighted by molar-refractivity contribution is -0.120. The van der Waals surface area contributed by atoms with Crippen molar-refractivity contribution in [2.45, 2.75) is 29.5 Å². The predicted molar refractivity (Wildman–Crippen MR) is 110 cm³/mol. The number of hydrogen-bond donors (Lipinski definition) is 1. The average Bonchev–Trinajstić information content (AvgIpc) is 3.41. The topological polar surface area (TPSA) is 92.3 Å². The highest BCUT2D eigenvalue weighted by molar-refractivity contribution is 7.91. The van der Waals surface area contributed by atoms with E-state index >= 15 is 0 Å². The van der Waals surface area contributed by atoms with E-state index in [0.717, 1.165) is 29.9 Å². The van der Waals surface area contributed by atoms with Gasteiger partial charge in [0.15, 0.2) is 5.13 Å².